The Balaban J connectivity index is 1.95. The minimum Gasteiger partial charge on any atom is -0.396 e. The standard InChI is InChI=1S/C11H17ClN4O/c12-9-5-15-11(13)16-10(9)14-4-7-2-1-3-8(7)6-17/h5,7-8,17H,1-4,6H2,(H3,13,14,15,16). The van der Waals surface area contributed by atoms with Crippen molar-refractivity contribution in [3.05, 3.63) is 11.2 Å². The monoisotopic (exact) mass is 256 g/mol. The summed E-state index contributed by atoms with van der Waals surface area (Å²) < 4.78 is 0. The minimum atomic E-state index is 0.210. The first-order valence-corrected chi connectivity index (χ1v) is 6.21. The molecule has 0 radical (unpaired) electrons. The molecule has 0 aliphatic heterocycles. The number of aliphatic hydroxyl groups is 1. The zero-order valence-electron chi connectivity index (χ0n) is 9.56. The van der Waals surface area contributed by atoms with E-state index in [0.717, 1.165) is 19.4 Å². The van der Waals surface area contributed by atoms with Gasteiger partial charge in [0.1, 0.15) is 10.8 Å². The van der Waals surface area contributed by atoms with E-state index in [0.29, 0.717) is 22.7 Å². The fourth-order valence-corrected chi connectivity index (χ4v) is 2.51. The van der Waals surface area contributed by atoms with E-state index in [-0.39, 0.29) is 12.6 Å². The Hall–Kier alpha value is -1.07. The summed E-state index contributed by atoms with van der Waals surface area (Å²) in [6, 6.07) is 0. The van der Waals surface area contributed by atoms with Gasteiger partial charge in [-0.3, -0.25) is 0 Å². The highest BCUT2D eigenvalue weighted by Gasteiger charge is 2.26. The lowest BCUT2D eigenvalue weighted by molar-refractivity contribution is 0.199. The molecule has 1 heterocycles. The zero-order valence-corrected chi connectivity index (χ0v) is 10.3. The molecule has 0 spiro atoms. The molecular weight excluding hydrogens is 240 g/mol. The first kappa shape index (κ1) is 12.4. The highest BCUT2D eigenvalue weighted by atomic mass is 35.5. The van der Waals surface area contributed by atoms with Crippen LogP contribution in [0, 0.1) is 11.8 Å². The molecule has 2 atom stereocenters. The van der Waals surface area contributed by atoms with Crippen molar-refractivity contribution in [3.8, 4) is 0 Å². The molecule has 1 aromatic heterocycles. The molecule has 0 aromatic carbocycles. The fraction of sp³-hybridized carbons (Fsp3) is 0.636. The molecule has 5 nitrogen and oxygen atoms in total. The van der Waals surface area contributed by atoms with Crippen molar-refractivity contribution in [2.75, 3.05) is 24.2 Å². The van der Waals surface area contributed by atoms with E-state index in [4.69, 9.17) is 17.3 Å². The molecule has 6 heteroatoms. The maximum absolute atomic E-state index is 9.23. The van der Waals surface area contributed by atoms with Crippen LogP contribution in [0.1, 0.15) is 19.3 Å². The molecule has 1 saturated carbocycles. The van der Waals surface area contributed by atoms with Crippen molar-refractivity contribution < 1.29 is 5.11 Å². The van der Waals surface area contributed by atoms with Crippen molar-refractivity contribution >= 4 is 23.4 Å². The number of rotatable bonds is 4. The van der Waals surface area contributed by atoms with E-state index in [2.05, 4.69) is 15.3 Å². The topological polar surface area (TPSA) is 84.1 Å². The first-order valence-electron chi connectivity index (χ1n) is 5.83. The summed E-state index contributed by atoms with van der Waals surface area (Å²) in [7, 11) is 0. The Morgan fingerprint density at radius 1 is 1.47 bits per heavy atom. The van der Waals surface area contributed by atoms with Crippen LogP contribution in [-0.2, 0) is 0 Å². The summed E-state index contributed by atoms with van der Waals surface area (Å²) in [5.41, 5.74) is 5.50. The van der Waals surface area contributed by atoms with Gasteiger partial charge in [0.05, 0.1) is 6.20 Å². The Kier molecular flexibility index (Phi) is 4.02. The molecule has 2 unspecified atom stereocenters. The summed E-state index contributed by atoms with van der Waals surface area (Å²) in [6.07, 6.45) is 4.90. The number of anilines is 2. The van der Waals surface area contributed by atoms with Crippen LogP contribution in [0.25, 0.3) is 0 Å². The van der Waals surface area contributed by atoms with Gasteiger partial charge in [-0.05, 0) is 24.7 Å². The molecule has 2 rings (SSSR count). The van der Waals surface area contributed by atoms with Gasteiger partial charge in [0.25, 0.3) is 0 Å². The van der Waals surface area contributed by atoms with Crippen molar-refractivity contribution in [1.29, 1.82) is 0 Å². The smallest absolute Gasteiger partial charge is 0.222 e. The Labute approximate surface area is 105 Å². The Bertz CT molecular complexity index is 388. The lowest BCUT2D eigenvalue weighted by atomic mass is 9.97. The van der Waals surface area contributed by atoms with E-state index >= 15 is 0 Å². The van der Waals surface area contributed by atoms with E-state index in [1.165, 1.54) is 12.6 Å². The number of hydrogen-bond donors (Lipinski definition) is 3. The summed E-state index contributed by atoms with van der Waals surface area (Å²) in [5.74, 6) is 1.65. The average molecular weight is 257 g/mol. The second-order valence-corrected chi connectivity index (χ2v) is 4.85. The van der Waals surface area contributed by atoms with Gasteiger partial charge in [-0.15, -0.1) is 0 Å². The molecule has 0 bridgehead atoms. The third-order valence-corrected chi connectivity index (χ3v) is 3.62. The van der Waals surface area contributed by atoms with Crippen LogP contribution in [0.3, 0.4) is 0 Å². The van der Waals surface area contributed by atoms with Gasteiger partial charge >= 0.3 is 0 Å². The molecule has 94 valence electrons. The van der Waals surface area contributed by atoms with E-state index in [1.54, 1.807) is 0 Å². The zero-order chi connectivity index (χ0) is 12.3. The molecule has 4 N–H and O–H groups in total. The average Bonchev–Trinajstić information content (AvgIpc) is 2.77. The summed E-state index contributed by atoms with van der Waals surface area (Å²) in [5, 5.41) is 12.9. The Morgan fingerprint density at radius 2 is 2.24 bits per heavy atom. The van der Waals surface area contributed by atoms with Crippen molar-refractivity contribution in [3.63, 3.8) is 0 Å². The number of nitrogens with zero attached hydrogens (tertiary/aromatic N) is 2. The van der Waals surface area contributed by atoms with Gasteiger partial charge < -0.3 is 16.2 Å². The van der Waals surface area contributed by atoms with Gasteiger partial charge in [-0.25, -0.2) is 4.98 Å². The van der Waals surface area contributed by atoms with Gasteiger partial charge in [0, 0.05) is 13.2 Å². The van der Waals surface area contributed by atoms with Crippen molar-refractivity contribution in [2.24, 2.45) is 11.8 Å². The molecule has 1 aromatic rings. The lowest BCUT2D eigenvalue weighted by Gasteiger charge is -2.18. The second-order valence-electron chi connectivity index (χ2n) is 4.44. The maximum Gasteiger partial charge on any atom is 0.222 e. The van der Waals surface area contributed by atoms with Crippen molar-refractivity contribution in [1.82, 2.24) is 9.97 Å². The van der Waals surface area contributed by atoms with Crippen molar-refractivity contribution in [2.45, 2.75) is 19.3 Å². The molecule has 0 amide bonds. The summed E-state index contributed by atoms with van der Waals surface area (Å²) >= 11 is 5.96. The van der Waals surface area contributed by atoms with Gasteiger partial charge in [-0.2, -0.15) is 4.98 Å². The molecule has 1 aliphatic rings. The Morgan fingerprint density at radius 3 is 3.00 bits per heavy atom. The highest BCUT2D eigenvalue weighted by Crippen LogP contribution is 2.31. The van der Waals surface area contributed by atoms with E-state index in [1.807, 2.05) is 0 Å². The predicted octanol–water partition coefficient (Wildman–Crippen LogP) is 1.53. The van der Waals surface area contributed by atoms with Crippen LogP contribution in [0.2, 0.25) is 5.02 Å². The number of hydrogen-bond acceptors (Lipinski definition) is 5. The maximum atomic E-state index is 9.23. The number of halogens is 1. The quantitative estimate of drug-likeness (QED) is 0.761. The SMILES string of the molecule is Nc1ncc(Cl)c(NCC2CCCC2CO)n1. The molecule has 1 aliphatic carbocycles. The number of aromatic nitrogens is 2. The number of nitrogen functional groups attached to an aromatic ring is 1. The number of nitrogens with two attached hydrogens (primary N) is 1. The molecule has 1 fully saturated rings. The summed E-state index contributed by atoms with van der Waals surface area (Å²) in [4.78, 5) is 7.85. The van der Waals surface area contributed by atoms with Crippen LogP contribution in [0.4, 0.5) is 11.8 Å². The van der Waals surface area contributed by atoms with Crippen LogP contribution in [0.5, 0.6) is 0 Å². The first-order chi connectivity index (χ1) is 8.20. The van der Waals surface area contributed by atoms with E-state index in [9.17, 15) is 5.11 Å². The molecular formula is C11H17ClN4O. The van der Waals surface area contributed by atoms with Gasteiger partial charge in [0.2, 0.25) is 5.95 Å². The minimum absolute atomic E-state index is 0.210. The third kappa shape index (κ3) is 2.98. The number of aliphatic hydroxyl groups excluding tert-OH is 1. The van der Waals surface area contributed by atoms with Crippen LogP contribution >= 0.6 is 11.6 Å². The van der Waals surface area contributed by atoms with Gasteiger partial charge in [-0.1, -0.05) is 18.0 Å². The van der Waals surface area contributed by atoms with Crippen LogP contribution < -0.4 is 11.1 Å². The third-order valence-electron chi connectivity index (χ3n) is 3.35. The number of nitrogens with one attached hydrogen (secondary N) is 1. The van der Waals surface area contributed by atoms with Crippen LogP contribution in [-0.4, -0.2) is 28.2 Å². The lowest BCUT2D eigenvalue weighted by Crippen LogP contribution is -2.21. The summed E-state index contributed by atoms with van der Waals surface area (Å²) in [6.45, 7) is 1.02. The van der Waals surface area contributed by atoms with Gasteiger partial charge in [0.15, 0.2) is 0 Å². The second kappa shape index (κ2) is 5.51. The fourth-order valence-electron chi connectivity index (χ4n) is 2.36. The molecule has 0 saturated heterocycles. The predicted molar refractivity (Wildman–Crippen MR) is 67.9 cm³/mol. The molecule has 17 heavy (non-hydrogen) atoms. The highest BCUT2D eigenvalue weighted by molar-refractivity contribution is 6.32. The van der Waals surface area contributed by atoms with Crippen LogP contribution in [0.15, 0.2) is 6.20 Å². The normalized spacial score (nSPS) is 23.9. The largest absolute Gasteiger partial charge is 0.396 e. The van der Waals surface area contributed by atoms with E-state index < -0.39 is 0 Å².